The maximum absolute atomic E-state index is 14.3. The molecule has 0 radical (unpaired) electrons. The molecule has 1 N–H and O–H groups in total. The largest absolute Gasteiger partial charge is 0.352 e. The lowest BCUT2D eigenvalue weighted by atomic mass is 9.95. The van der Waals surface area contributed by atoms with Gasteiger partial charge in [0.15, 0.2) is 0 Å². The monoisotopic (exact) mass is 643 g/mol. The van der Waals surface area contributed by atoms with Gasteiger partial charge in [-0.1, -0.05) is 91.3 Å². The molecule has 0 aromatic heterocycles. The van der Waals surface area contributed by atoms with E-state index in [1.54, 1.807) is 67.6 Å². The fourth-order valence-corrected chi connectivity index (χ4v) is 7.29. The predicted molar refractivity (Wildman–Crippen MR) is 173 cm³/mol. The number of nitrogens with zero attached hydrogens (tertiary/aromatic N) is 2. The first kappa shape index (κ1) is 32.8. The lowest BCUT2D eigenvalue weighted by molar-refractivity contribution is -0.140. The van der Waals surface area contributed by atoms with Crippen LogP contribution in [0.5, 0.6) is 0 Å². The summed E-state index contributed by atoms with van der Waals surface area (Å²) < 4.78 is 29.3. The molecule has 2 amide bonds. The molecule has 3 aromatic rings. The Morgan fingerprint density at radius 3 is 2.23 bits per heavy atom. The van der Waals surface area contributed by atoms with E-state index in [4.69, 9.17) is 23.2 Å². The molecule has 10 heteroatoms. The van der Waals surface area contributed by atoms with Crippen molar-refractivity contribution in [2.24, 2.45) is 0 Å². The molecule has 230 valence electrons. The second-order valence-corrected chi connectivity index (χ2v) is 13.8. The maximum Gasteiger partial charge on any atom is 0.264 e. The Labute approximate surface area is 265 Å². The molecule has 0 spiro atoms. The minimum atomic E-state index is -4.14. The zero-order valence-corrected chi connectivity index (χ0v) is 27.2. The van der Waals surface area contributed by atoms with Crippen LogP contribution in [0, 0.1) is 13.8 Å². The van der Waals surface area contributed by atoms with Crippen molar-refractivity contribution in [1.29, 1.82) is 0 Å². The van der Waals surface area contributed by atoms with E-state index in [1.807, 2.05) is 19.9 Å². The third-order valence-electron chi connectivity index (χ3n) is 7.95. The first-order chi connectivity index (χ1) is 20.5. The average molecular weight is 645 g/mol. The van der Waals surface area contributed by atoms with E-state index in [9.17, 15) is 18.0 Å². The van der Waals surface area contributed by atoms with Gasteiger partial charge in [-0.3, -0.25) is 13.9 Å². The number of carbonyl (C=O) groups is 2. The molecule has 3 aromatic carbocycles. The Hall–Kier alpha value is -3.07. The lowest BCUT2D eigenvalue weighted by Gasteiger charge is -2.34. The number of carbonyl (C=O) groups excluding carboxylic acids is 2. The van der Waals surface area contributed by atoms with Gasteiger partial charge in [-0.2, -0.15) is 0 Å². The third kappa shape index (κ3) is 8.11. The van der Waals surface area contributed by atoms with Crippen molar-refractivity contribution in [1.82, 2.24) is 10.2 Å². The van der Waals surface area contributed by atoms with E-state index >= 15 is 0 Å². The molecule has 1 saturated carbocycles. The van der Waals surface area contributed by atoms with Crippen molar-refractivity contribution in [3.63, 3.8) is 0 Å². The van der Waals surface area contributed by atoms with Crippen LogP contribution in [-0.2, 0) is 26.2 Å². The first-order valence-electron chi connectivity index (χ1n) is 14.7. The van der Waals surface area contributed by atoms with E-state index in [0.717, 1.165) is 42.0 Å². The number of anilines is 1. The van der Waals surface area contributed by atoms with Gasteiger partial charge in [-0.25, -0.2) is 8.42 Å². The molecule has 0 heterocycles. The Balaban J connectivity index is 1.73. The standard InChI is InChI=1S/C33H39Cl2N3O4S/c1-4-30(33(40)36-26-11-6-5-7-12-26)37(21-25-16-19-28(34)29(35)20-25)32(39)22-38(31-13-9-8-10-24(31)3)43(41,42)27-17-14-23(2)15-18-27/h8-10,13-20,26,30H,4-7,11-12,21-22H2,1-3H3,(H,36,40)/t30-/m1/s1. The normalized spacial score (nSPS) is 14.6. The van der Waals surface area contributed by atoms with Gasteiger partial charge in [0.05, 0.1) is 20.6 Å². The van der Waals surface area contributed by atoms with Crippen LogP contribution in [0.2, 0.25) is 10.0 Å². The Kier molecular flexibility index (Phi) is 11.2. The minimum Gasteiger partial charge on any atom is -0.352 e. The minimum absolute atomic E-state index is 0.0541. The Bertz CT molecular complexity index is 1540. The number of hydrogen-bond acceptors (Lipinski definition) is 4. The molecule has 1 aliphatic rings. The van der Waals surface area contributed by atoms with Crippen molar-refractivity contribution in [3.8, 4) is 0 Å². The Morgan fingerprint density at radius 2 is 1.60 bits per heavy atom. The van der Waals surface area contributed by atoms with Gasteiger partial charge >= 0.3 is 0 Å². The quantitative estimate of drug-likeness (QED) is 0.242. The molecular weight excluding hydrogens is 605 g/mol. The molecular formula is C33H39Cl2N3O4S. The van der Waals surface area contributed by atoms with Gasteiger partial charge in [0.1, 0.15) is 12.6 Å². The van der Waals surface area contributed by atoms with Crippen LogP contribution in [-0.4, -0.2) is 43.8 Å². The van der Waals surface area contributed by atoms with Gasteiger partial charge in [-0.05, 0) is 74.6 Å². The van der Waals surface area contributed by atoms with Gasteiger partial charge in [0.25, 0.3) is 10.0 Å². The molecule has 0 bridgehead atoms. The van der Waals surface area contributed by atoms with E-state index in [2.05, 4.69) is 5.32 Å². The van der Waals surface area contributed by atoms with Crippen LogP contribution in [0.15, 0.2) is 71.6 Å². The highest BCUT2D eigenvalue weighted by Crippen LogP contribution is 2.29. The third-order valence-corrected chi connectivity index (χ3v) is 10.5. The van der Waals surface area contributed by atoms with E-state index < -0.39 is 28.5 Å². The summed E-state index contributed by atoms with van der Waals surface area (Å²) in [6.07, 6.45) is 5.40. The fraction of sp³-hybridized carbons (Fsp3) is 0.394. The van der Waals surface area contributed by atoms with Crippen LogP contribution < -0.4 is 9.62 Å². The van der Waals surface area contributed by atoms with Crippen molar-refractivity contribution in [2.45, 2.75) is 82.8 Å². The van der Waals surface area contributed by atoms with Crippen LogP contribution in [0.3, 0.4) is 0 Å². The molecule has 4 rings (SSSR count). The second kappa shape index (κ2) is 14.6. The number of hydrogen-bond donors (Lipinski definition) is 1. The highest BCUT2D eigenvalue weighted by atomic mass is 35.5. The summed E-state index contributed by atoms with van der Waals surface area (Å²) >= 11 is 12.4. The zero-order chi connectivity index (χ0) is 31.1. The number of para-hydroxylation sites is 1. The molecule has 1 aliphatic carbocycles. The maximum atomic E-state index is 14.3. The van der Waals surface area contributed by atoms with Crippen molar-refractivity contribution in [2.75, 3.05) is 10.8 Å². The first-order valence-corrected chi connectivity index (χ1v) is 16.9. The average Bonchev–Trinajstić information content (AvgIpc) is 2.98. The molecule has 1 fully saturated rings. The number of halogens is 2. The van der Waals surface area contributed by atoms with Crippen molar-refractivity contribution >= 4 is 50.7 Å². The van der Waals surface area contributed by atoms with Crippen LogP contribution in [0.25, 0.3) is 0 Å². The molecule has 43 heavy (non-hydrogen) atoms. The molecule has 1 atom stereocenters. The summed E-state index contributed by atoms with van der Waals surface area (Å²) in [6.45, 7) is 5.09. The summed E-state index contributed by atoms with van der Waals surface area (Å²) in [7, 11) is -4.14. The number of nitrogens with one attached hydrogen (secondary N) is 1. The molecule has 7 nitrogen and oxygen atoms in total. The summed E-state index contributed by atoms with van der Waals surface area (Å²) in [5.41, 5.74) is 2.69. The number of aryl methyl sites for hydroxylation is 2. The van der Waals surface area contributed by atoms with Crippen LogP contribution in [0.4, 0.5) is 5.69 Å². The van der Waals surface area contributed by atoms with Gasteiger partial charge in [0, 0.05) is 12.6 Å². The number of sulfonamides is 1. The van der Waals surface area contributed by atoms with Crippen LogP contribution in [0.1, 0.15) is 62.1 Å². The number of amides is 2. The van der Waals surface area contributed by atoms with Gasteiger partial charge in [-0.15, -0.1) is 0 Å². The van der Waals surface area contributed by atoms with E-state index in [0.29, 0.717) is 33.3 Å². The van der Waals surface area contributed by atoms with Crippen molar-refractivity contribution < 1.29 is 18.0 Å². The zero-order valence-electron chi connectivity index (χ0n) is 24.9. The van der Waals surface area contributed by atoms with E-state index in [1.165, 1.54) is 4.90 Å². The summed E-state index contributed by atoms with van der Waals surface area (Å²) in [6, 6.07) is 17.9. The summed E-state index contributed by atoms with van der Waals surface area (Å²) in [4.78, 5) is 29.5. The van der Waals surface area contributed by atoms with Crippen molar-refractivity contribution in [3.05, 3.63) is 93.5 Å². The highest BCUT2D eigenvalue weighted by molar-refractivity contribution is 7.92. The van der Waals surface area contributed by atoms with Gasteiger partial charge in [0.2, 0.25) is 11.8 Å². The fourth-order valence-electron chi connectivity index (χ4n) is 5.49. The Morgan fingerprint density at radius 1 is 0.930 bits per heavy atom. The lowest BCUT2D eigenvalue weighted by Crippen LogP contribution is -2.54. The van der Waals surface area contributed by atoms with Gasteiger partial charge < -0.3 is 10.2 Å². The number of benzene rings is 3. The number of rotatable bonds is 11. The predicted octanol–water partition coefficient (Wildman–Crippen LogP) is 7.06. The molecule has 0 saturated heterocycles. The smallest absolute Gasteiger partial charge is 0.264 e. The highest BCUT2D eigenvalue weighted by Gasteiger charge is 2.35. The SMILES string of the molecule is CC[C@H](C(=O)NC1CCCCC1)N(Cc1ccc(Cl)c(Cl)c1)C(=O)CN(c1ccccc1C)S(=O)(=O)c1ccc(C)cc1. The molecule has 0 aliphatic heterocycles. The summed E-state index contributed by atoms with van der Waals surface area (Å²) in [5.74, 6) is -0.748. The van der Waals surface area contributed by atoms with E-state index in [-0.39, 0.29) is 23.4 Å². The summed E-state index contributed by atoms with van der Waals surface area (Å²) in [5, 5.41) is 3.86. The van der Waals surface area contributed by atoms with Crippen LogP contribution >= 0.6 is 23.2 Å². The molecule has 0 unspecified atom stereocenters. The second-order valence-electron chi connectivity index (χ2n) is 11.1. The topological polar surface area (TPSA) is 86.8 Å².